The number of nitrogens with one attached hydrogen (secondary N) is 2. The first-order valence-electron chi connectivity index (χ1n) is 11.4. The van der Waals surface area contributed by atoms with E-state index in [9.17, 15) is 24.4 Å². The molecule has 10 nitrogen and oxygen atoms in total. The highest BCUT2D eigenvalue weighted by Gasteiger charge is 2.42. The van der Waals surface area contributed by atoms with E-state index in [4.69, 9.17) is 22.1 Å². The van der Waals surface area contributed by atoms with Crippen LogP contribution < -0.4 is 16.4 Å². The molecule has 1 aliphatic rings. The Morgan fingerprint density at radius 1 is 1.29 bits per heavy atom. The maximum absolute atomic E-state index is 13.6. The Balaban J connectivity index is 2.17. The average Bonchev–Trinajstić information content (AvgIpc) is 3.27. The molecule has 1 aromatic rings. The van der Waals surface area contributed by atoms with Gasteiger partial charge in [0.05, 0.1) is 29.8 Å². The summed E-state index contributed by atoms with van der Waals surface area (Å²) in [4.78, 5) is 52.5. The van der Waals surface area contributed by atoms with Gasteiger partial charge >= 0.3 is 5.97 Å². The topological polar surface area (TPSA) is 155 Å². The summed E-state index contributed by atoms with van der Waals surface area (Å²) in [6.07, 6.45) is 0.687. The number of nitrogen functional groups attached to an aromatic ring is 1. The van der Waals surface area contributed by atoms with E-state index < -0.39 is 47.2 Å². The van der Waals surface area contributed by atoms with Crippen molar-refractivity contribution in [2.24, 2.45) is 5.41 Å². The van der Waals surface area contributed by atoms with Crippen LogP contribution >= 0.6 is 11.6 Å². The third-order valence-electron chi connectivity index (χ3n) is 5.64. The molecule has 4 N–H and O–H groups in total. The van der Waals surface area contributed by atoms with Crippen LogP contribution in [-0.4, -0.2) is 59.9 Å². The van der Waals surface area contributed by atoms with Crippen molar-refractivity contribution in [1.29, 1.82) is 5.26 Å². The first kappa shape index (κ1) is 27.9. The van der Waals surface area contributed by atoms with Crippen LogP contribution in [0.2, 0.25) is 5.02 Å². The number of halogens is 1. The van der Waals surface area contributed by atoms with Gasteiger partial charge in [0.15, 0.2) is 0 Å². The fourth-order valence-electron chi connectivity index (χ4n) is 3.78. The highest BCUT2D eigenvalue weighted by atomic mass is 35.5. The monoisotopic (exact) mass is 505 g/mol. The number of benzene rings is 1. The van der Waals surface area contributed by atoms with Crippen molar-refractivity contribution in [3.05, 3.63) is 28.8 Å². The van der Waals surface area contributed by atoms with E-state index in [1.807, 2.05) is 26.8 Å². The lowest BCUT2D eigenvalue weighted by molar-refractivity contribution is -0.144. The minimum atomic E-state index is -1.08. The van der Waals surface area contributed by atoms with Gasteiger partial charge in [-0.05, 0) is 43.4 Å². The van der Waals surface area contributed by atoms with Gasteiger partial charge in [0.1, 0.15) is 18.1 Å². The van der Waals surface area contributed by atoms with Crippen molar-refractivity contribution in [1.82, 2.24) is 15.5 Å². The Hall–Kier alpha value is -3.32. The van der Waals surface area contributed by atoms with E-state index >= 15 is 0 Å². The van der Waals surface area contributed by atoms with Gasteiger partial charge in [0.2, 0.25) is 11.8 Å². The number of anilines is 1. The second-order valence-electron chi connectivity index (χ2n) is 9.40. The molecule has 0 spiro atoms. The zero-order valence-electron chi connectivity index (χ0n) is 20.4. The molecule has 1 aromatic carbocycles. The largest absolute Gasteiger partial charge is 0.466 e. The van der Waals surface area contributed by atoms with Crippen molar-refractivity contribution in [2.45, 2.75) is 65.1 Å². The normalized spacial score (nSPS) is 17.1. The molecular weight excluding hydrogens is 474 g/mol. The Morgan fingerprint density at radius 2 is 1.97 bits per heavy atom. The van der Waals surface area contributed by atoms with Gasteiger partial charge in [0, 0.05) is 12.1 Å². The predicted octanol–water partition coefficient (Wildman–Crippen LogP) is 2.02. The van der Waals surface area contributed by atoms with Gasteiger partial charge in [-0.15, -0.1) is 0 Å². The van der Waals surface area contributed by atoms with Gasteiger partial charge in [0.25, 0.3) is 5.91 Å². The molecule has 1 heterocycles. The van der Waals surface area contributed by atoms with E-state index in [1.54, 1.807) is 6.92 Å². The fourth-order valence-corrected chi connectivity index (χ4v) is 3.96. The molecule has 3 amide bonds. The quantitative estimate of drug-likeness (QED) is 0.360. The number of nitrogens with zero attached hydrogens (tertiary/aromatic N) is 2. The van der Waals surface area contributed by atoms with E-state index in [0.29, 0.717) is 25.1 Å². The van der Waals surface area contributed by atoms with Crippen LogP contribution in [0.4, 0.5) is 5.69 Å². The van der Waals surface area contributed by atoms with E-state index in [2.05, 4.69) is 10.6 Å². The van der Waals surface area contributed by atoms with Crippen LogP contribution in [0.1, 0.15) is 57.3 Å². The number of nitrogens with two attached hydrogens (primary N) is 1. The second-order valence-corrected chi connectivity index (χ2v) is 9.81. The van der Waals surface area contributed by atoms with Crippen molar-refractivity contribution in [3.8, 4) is 6.07 Å². The first-order chi connectivity index (χ1) is 16.4. The number of rotatable bonds is 8. The molecule has 0 saturated carbocycles. The van der Waals surface area contributed by atoms with Gasteiger partial charge in [-0.25, -0.2) is 0 Å². The SMILES string of the molecule is CCOC(=O)CC(C#N)NC(=O)C1CCCN1C(=O)C(NC(=O)c1ccc(N)c(Cl)c1)C(C)(C)C. The lowest BCUT2D eigenvalue weighted by atomic mass is 9.85. The minimum absolute atomic E-state index is 0.165. The summed E-state index contributed by atoms with van der Waals surface area (Å²) >= 11 is 6.03. The number of likely N-dealkylation sites (tertiary alicyclic amines) is 1. The molecule has 1 saturated heterocycles. The molecule has 0 radical (unpaired) electrons. The Labute approximate surface area is 210 Å². The molecule has 190 valence electrons. The number of hydrogen-bond acceptors (Lipinski definition) is 7. The molecule has 0 aromatic heterocycles. The van der Waals surface area contributed by atoms with Gasteiger partial charge in [-0.2, -0.15) is 5.26 Å². The Bertz CT molecular complexity index is 1020. The molecule has 2 rings (SSSR count). The van der Waals surface area contributed by atoms with E-state index in [1.165, 1.54) is 23.1 Å². The number of hydrogen-bond donors (Lipinski definition) is 3. The standard InChI is InChI=1S/C24H32ClN5O5/c1-5-35-19(31)12-15(13-26)28-22(33)18-7-6-10-30(18)23(34)20(24(2,3)4)29-21(32)14-8-9-17(27)16(25)11-14/h8-9,11,15,18,20H,5-7,10,12,27H2,1-4H3,(H,28,33)(H,29,32). The molecule has 11 heteroatoms. The van der Waals surface area contributed by atoms with Crippen molar-refractivity contribution < 1.29 is 23.9 Å². The van der Waals surface area contributed by atoms with Crippen LogP contribution in [-0.2, 0) is 19.1 Å². The summed E-state index contributed by atoms with van der Waals surface area (Å²) in [5.41, 5.74) is 5.62. The maximum atomic E-state index is 13.6. The zero-order valence-corrected chi connectivity index (χ0v) is 21.1. The maximum Gasteiger partial charge on any atom is 0.308 e. The number of esters is 1. The Morgan fingerprint density at radius 3 is 2.54 bits per heavy atom. The smallest absolute Gasteiger partial charge is 0.308 e. The fraction of sp³-hybridized carbons (Fsp3) is 0.542. The molecule has 3 atom stereocenters. The lowest BCUT2D eigenvalue weighted by Crippen LogP contribution is -2.58. The second kappa shape index (κ2) is 11.9. The minimum Gasteiger partial charge on any atom is -0.466 e. The number of carbonyl (C=O) groups excluding carboxylic acids is 4. The molecule has 0 aliphatic carbocycles. The Kier molecular flexibility index (Phi) is 9.48. The van der Waals surface area contributed by atoms with Crippen molar-refractivity contribution in [3.63, 3.8) is 0 Å². The first-order valence-corrected chi connectivity index (χ1v) is 11.8. The van der Waals surface area contributed by atoms with Gasteiger partial charge < -0.3 is 26.0 Å². The molecule has 3 unspecified atom stereocenters. The lowest BCUT2D eigenvalue weighted by Gasteiger charge is -2.35. The van der Waals surface area contributed by atoms with Crippen LogP contribution in [0.15, 0.2) is 18.2 Å². The van der Waals surface area contributed by atoms with Crippen LogP contribution in [0.3, 0.4) is 0 Å². The molecule has 0 bridgehead atoms. The molecular formula is C24H32ClN5O5. The summed E-state index contributed by atoms with van der Waals surface area (Å²) in [6.45, 7) is 7.55. The van der Waals surface area contributed by atoms with Crippen molar-refractivity contribution in [2.75, 3.05) is 18.9 Å². The third kappa shape index (κ3) is 7.33. The van der Waals surface area contributed by atoms with Crippen LogP contribution in [0, 0.1) is 16.7 Å². The molecule has 1 fully saturated rings. The predicted molar refractivity (Wildman–Crippen MR) is 130 cm³/mol. The van der Waals surface area contributed by atoms with E-state index in [-0.39, 0.29) is 23.6 Å². The van der Waals surface area contributed by atoms with Crippen molar-refractivity contribution >= 4 is 41.0 Å². The molecule has 1 aliphatic heterocycles. The highest BCUT2D eigenvalue weighted by molar-refractivity contribution is 6.33. The number of ether oxygens (including phenoxy) is 1. The van der Waals surface area contributed by atoms with Crippen LogP contribution in [0.5, 0.6) is 0 Å². The summed E-state index contributed by atoms with van der Waals surface area (Å²) in [5.74, 6) is -2.05. The van der Waals surface area contributed by atoms with Crippen LogP contribution in [0.25, 0.3) is 0 Å². The highest BCUT2D eigenvalue weighted by Crippen LogP contribution is 2.27. The van der Waals surface area contributed by atoms with Gasteiger partial charge in [-0.1, -0.05) is 32.4 Å². The summed E-state index contributed by atoms with van der Waals surface area (Å²) < 4.78 is 4.84. The summed E-state index contributed by atoms with van der Waals surface area (Å²) in [7, 11) is 0. The summed E-state index contributed by atoms with van der Waals surface area (Å²) in [5, 5.41) is 14.9. The third-order valence-corrected chi connectivity index (χ3v) is 5.97. The molecule has 35 heavy (non-hydrogen) atoms. The number of nitriles is 1. The summed E-state index contributed by atoms with van der Waals surface area (Å²) in [6, 6.07) is 3.48. The van der Waals surface area contributed by atoms with Gasteiger partial charge in [-0.3, -0.25) is 19.2 Å². The zero-order chi connectivity index (χ0) is 26.3. The van der Waals surface area contributed by atoms with E-state index in [0.717, 1.165) is 0 Å². The number of amides is 3. The number of carbonyl (C=O) groups is 4. The average molecular weight is 506 g/mol.